The van der Waals surface area contributed by atoms with E-state index in [2.05, 4.69) is 68.3 Å². The molecule has 3 heterocycles. The van der Waals surface area contributed by atoms with E-state index in [0.717, 1.165) is 34.1 Å². The fraction of sp³-hybridized carbons (Fsp3) is 0.324. The van der Waals surface area contributed by atoms with Gasteiger partial charge in [0.05, 0.1) is 11.3 Å². The highest BCUT2D eigenvalue weighted by Gasteiger charge is 2.53. The Morgan fingerprint density at radius 1 is 0.951 bits per heavy atom. The molecule has 7 nitrogen and oxygen atoms in total. The van der Waals surface area contributed by atoms with Crippen molar-refractivity contribution in [3.8, 4) is 0 Å². The van der Waals surface area contributed by atoms with Crippen LogP contribution in [0.2, 0.25) is 0 Å². The summed E-state index contributed by atoms with van der Waals surface area (Å²) in [6.45, 7) is 9.03. The van der Waals surface area contributed by atoms with Crippen LogP contribution in [0.5, 0.6) is 0 Å². The van der Waals surface area contributed by atoms with Crippen molar-refractivity contribution in [3.05, 3.63) is 101 Å². The molecule has 0 radical (unpaired) electrons. The minimum absolute atomic E-state index is 0.288. The Labute approximate surface area is 240 Å². The summed E-state index contributed by atoms with van der Waals surface area (Å²) in [5, 5.41) is 4.02. The van der Waals surface area contributed by atoms with Gasteiger partial charge in [0, 0.05) is 29.6 Å². The van der Waals surface area contributed by atoms with Crippen molar-refractivity contribution in [2.24, 2.45) is 5.92 Å². The van der Waals surface area contributed by atoms with E-state index in [1.807, 2.05) is 18.2 Å². The maximum absolute atomic E-state index is 14.3. The van der Waals surface area contributed by atoms with Gasteiger partial charge < -0.3 is 10.3 Å². The van der Waals surface area contributed by atoms with Crippen LogP contribution in [0, 0.1) is 5.92 Å². The molecule has 0 spiro atoms. The first kappa shape index (κ1) is 26.8. The third-order valence-electron chi connectivity index (χ3n) is 8.36. The SMILES string of the molecule is CC(C)CCNC(=O)c1ccccc1N1C(=O)[C@@H]2Cc3c([nH]c4ccccc34)[C@H](c3ccc(C(C)C)cc3)N2C1=O. The molecule has 3 aromatic carbocycles. The molecule has 6 rings (SSSR count). The minimum Gasteiger partial charge on any atom is -0.356 e. The monoisotopic (exact) mass is 548 g/mol. The zero-order chi connectivity index (χ0) is 28.8. The Kier molecular flexibility index (Phi) is 6.89. The van der Waals surface area contributed by atoms with Gasteiger partial charge in [0.25, 0.3) is 11.8 Å². The Morgan fingerprint density at radius 3 is 2.39 bits per heavy atom. The predicted octanol–water partition coefficient (Wildman–Crippen LogP) is 6.55. The molecule has 1 saturated heterocycles. The number of hydrogen-bond acceptors (Lipinski definition) is 3. The van der Waals surface area contributed by atoms with Gasteiger partial charge in [-0.15, -0.1) is 0 Å². The molecular formula is C34H36N4O3. The Morgan fingerprint density at radius 2 is 1.66 bits per heavy atom. The second-order valence-corrected chi connectivity index (χ2v) is 11.8. The van der Waals surface area contributed by atoms with Gasteiger partial charge in [-0.1, -0.05) is 82.3 Å². The van der Waals surface area contributed by atoms with Crippen molar-refractivity contribution >= 4 is 34.4 Å². The van der Waals surface area contributed by atoms with E-state index in [-0.39, 0.29) is 11.8 Å². The summed E-state index contributed by atoms with van der Waals surface area (Å²) in [6, 6.07) is 21.7. The topological polar surface area (TPSA) is 85.5 Å². The van der Waals surface area contributed by atoms with Crippen LogP contribution in [-0.4, -0.2) is 40.3 Å². The number of H-pyrrole nitrogens is 1. The number of aromatic nitrogens is 1. The minimum atomic E-state index is -0.680. The van der Waals surface area contributed by atoms with Gasteiger partial charge in [-0.2, -0.15) is 0 Å². The number of aromatic amines is 1. The lowest BCUT2D eigenvalue weighted by Gasteiger charge is -2.36. The Bertz CT molecular complexity index is 1640. The van der Waals surface area contributed by atoms with Crippen molar-refractivity contribution in [2.45, 2.75) is 58.5 Å². The molecule has 4 aromatic rings. The number of para-hydroxylation sites is 2. The molecule has 2 aliphatic rings. The fourth-order valence-corrected chi connectivity index (χ4v) is 6.14. The first-order chi connectivity index (χ1) is 19.8. The largest absolute Gasteiger partial charge is 0.356 e. The lowest BCUT2D eigenvalue weighted by atomic mass is 9.88. The average Bonchev–Trinajstić information content (AvgIpc) is 3.46. The molecule has 0 aliphatic carbocycles. The quantitative estimate of drug-likeness (QED) is 0.257. The number of fused-ring (bicyclic) bond motifs is 4. The number of nitrogens with zero attached hydrogens (tertiary/aromatic N) is 2. The van der Waals surface area contributed by atoms with Gasteiger partial charge in [0.2, 0.25) is 0 Å². The highest BCUT2D eigenvalue weighted by atomic mass is 16.2. The number of urea groups is 1. The van der Waals surface area contributed by atoms with Crippen molar-refractivity contribution in [1.82, 2.24) is 15.2 Å². The molecule has 4 amide bonds. The second kappa shape index (κ2) is 10.5. The fourth-order valence-electron chi connectivity index (χ4n) is 6.14. The molecule has 2 atom stereocenters. The Balaban J connectivity index is 1.43. The average molecular weight is 549 g/mol. The highest BCUT2D eigenvalue weighted by molar-refractivity contribution is 6.24. The van der Waals surface area contributed by atoms with Gasteiger partial charge in [-0.3, -0.25) is 14.5 Å². The van der Waals surface area contributed by atoms with Gasteiger partial charge in [0.1, 0.15) is 12.1 Å². The third kappa shape index (κ3) is 4.59. The van der Waals surface area contributed by atoms with Crippen LogP contribution >= 0.6 is 0 Å². The third-order valence-corrected chi connectivity index (χ3v) is 8.36. The summed E-state index contributed by atoms with van der Waals surface area (Å²) in [4.78, 5) is 48.1. The number of carbonyl (C=O) groups is 3. The smallest absolute Gasteiger partial charge is 0.332 e. The number of anilines is 1. The maximum Gasteiger partial charge on any atom is 0.332 e. The van der Waals surface area contributed by atoms with Crippen LogP contribution in [-0.2, 0) is 11.2 Å². The summed E-state index contributed by atoms with van der Waals surface area (Å²) in [5.41, 5.74) is 5.77. The predicted molar refractivity (Wildman–Crippen MR) is 161 cm³/mol. The molecule has 1 fully saturated rings. The number of nitrogens with one attached hydrogen (secondary N) is 2. The normalized spacial score (nSPS) is 18.4. The van der Waals surface area contributed by atoms with Gasteiger partial charge in [-0.05, 0) is 53.1 Å². The van der Waals surface area contributed by atoms with Crippen LogP contribution in [0.25, 0.3) is 10.9 Å². The van der Waals surface area contributed by atoms with E-state index >= 15 is 0 Å². The van der Waals surface area contributed by atoms with E-state index < -0.39 is 18.1 Å². The zero-order valence-corrected chi connectivity index (χ0v) is 24.0. The van der Waals surface area contributed by atoms with Crippen LogP contribution in [0.4, 0.5) is 10.5 Å². The first-order valence-corrected chi connectivity index (χ1v) is 14.5. The van der Waals surface area contributed by atoms with Crippen molar-refractivity contribution in [2.75, 3.05) is 11.4 Å². The van der Waals surface area contributed by atoms with E-state index in [0.29, 0.717) is 36.1 Å². The number of carbonyl (C=O) groups excluding carboxylic acids is 3. The van der Waals surface area contributed by atoms with Crippen LogP contribution < -0.4 is 10.2 Å². The molecule has 7 heteroatoms. The first-order valence-electron chi connectivity index (χ1n) is 14.5. The molecule has 0 unspecified atom stereocenters. The number of hydrogen-bond donors (Lipinski definition) is 2. The van der Waals surface area contributed by atoms with E-state index in [1.165, 1.54) is 10.5 Å². The molecule has 41 heavy (non-hydrogen) atoms. The Hall–Kier alpha value is -4.39. The molecule has 0 bridgehead atoms. The van der Waals surface area contributed by atoms with Crippen LogP contribution in [0.15, 0.2) is 72.8 Å². The number of benzene rings is 3. The van der Waals surface area contributed by atoms with Crippen molar-refractivity contribution in [1.29, 1.82) is 0 Å². The standard InChI is InChI=1S/C34H36N4O3/c1-20(2)17-18-35-32(39)25-10-6-8-12-28(25)38-33(40)29-19-26-24-9-5-7-11-27(24)36-30(26)31(37(29)34(38)41)23-15-13-22(14-16-23)21(3)4/h5-16,20-21,29,31,36H,17-19H2,1-4H3,(H,35,39)/t29-,31-/m0/s1. The van der Waals surface area contributed by atoms with Gasteiger partial charge in [-0.25, -0.2) is 9.69 Å². The molecule has 2 aliphatic heterocycles. The van der Waals surface area contributed by atoms with E-state index in [1.54, 1.807) is 29.2 Å². The molecule has 210 valence electrons. The van der Waals surface area contributed by atoms with Crippen LogP contribution in [0.1, 0.15) is 78.8 Å². The highest BCUT2D eigenvalue weighted by Crippen LogP contribution is 2.45. The summed E-state index contributed by atoms with van der Waals surface area (Å²) in [5.74, 6) is 0.226. The van der Waals surface area contributed by atoms with E-state index in [4.69, 9.17) is 0 Å². The van der Waals surface area contributed by atoms with Crippen LogP contribution in [0.3, 0.4) is 0 Å². The zero-order valence-electron chi connectivity index (χ0n) is 24.0. The number of rotatable bonds is 7. The lowest BCUT2D eigenvalue weighted by Crippen LogP contribution is -2.44. The summed E-state index contributed by atoms with van der Waals surface area (Å²) in [7, 11) is 0. The summed E-state index contributed by atoms with van der Waals surface area (Å²) >= 11 is 0. The van der Waals surface area contributed by atoms with Crippen molar-refractivity contribution in [3.63, 3.8) is 0 Å². The molecule has 2 N–H and O–H groups in total. The summed E-state index contributed by atoms with van der Waals surface area (Å²) < 4.78 is 0. The molecule has 0 saturated carbocycles. The number of imide groups is 1. The second-order valence-electron chi connectivity index (χ2n) is 11.8. The van der Waals surface area contributed by atoms with E-state index in [9.17, 15) is 14.4 Å². The van der Waals surface area contributed by atoms with Gasteiger partial charge in [0.15, 0.2) is 0 Å². The molecular weight excluding hydrogens is 512 g/mol. The van der Waals surface area contributed by atoms with Crippen molar-refractivity contribution < 1.29 is 14.4 Å². The lowest BCUT2D eigenvalue weighted by molar-refractivity contribution is -0.120. The number of amides is 4. The summed E-state index contributed by atoms with van der Waals surface area (Å²) in [6.07, 6.45) is 1.25. The molecule has 1 aromatic heterocycles. The van der Waals surface area contributed by atoms with Gasteiger partial charge >= 0.3 is 6.03 Å². The maximum atomic E-state index is 14.3.